The highest BCUT2D eigenvalue weighted by atomic mass is 16.5. The highest BCUT2D eigenvalue weighted by Gasteiger charge is 2.28. The van der Waals surface area contributed by atoms with Gasteiger partial charge in [-0.15, -0.1) is 0 Å². The lowest BCUT2D eigenvalue weighted by Crippen LogP contribution is -2.12. The van der Waals surface area contributed by atoms with Crippen molar-refractivity contribution < 1.29 is 14.3 Å². The molecule has 25 heavy (non-hydrogen) atoms. The second-order valence-corrected chi connectivity index (χ2v) is 6.65. The summed E-state index contributed by atoms with van der Waals surface area (Å²) in [5, 5.41) is 0. The van der Waals surface area contributed by atoms with E-state index in [-0.39, 0.29) is 11.9 Å². The van der Waals surface area contributed by atoms with Crippen molar-refractivity contribution in [3.63, 3.8) is 0 Å². The zero-order valence-electron chi connectivity index (χ0n) is 14.3. The molecule has 1 aromatic heterocycles. The van der Waals surface area contributed by atoms with Crippen molar-refractivity contribution in [2.75, 3.05) is 7.11 Å². The Labute approximate surface area is 147 Å². The largest absolute Gasteiger partial charge is 0.493 e. The van der Waals surface area contributed by atoms with Gasteiger partial charge in [-0.1, -0.05) is 6.07 Å². The molecule has 1 fully saturated rings. The number of fused-ring (bicyclic) bond motifs is 1. The molecule has 0 bridgehead atoms. The number of benzene rings is 1. The molecule has 1 aromatic carbocycles. The van der Waals surface area contributed by atoms with Crippen molar-refractivity contribution >= 4 is 11.9 Å². The number of methoxy groups -OCH3 is 1. The van der Waals surface area contributed by atoms with Crippen molar-refractivity contribution in [1.29, 1.82) is 0 Å². The number of nitrogens with zero attached hydrogens (tertiary/aromatic N) is 1. The third-order valence-electron chi connectivity index (χ3n) is 4.93. The van der Waals surface area contributed by atoms with Gasteiger partial charge in [0.2, 0.25) is 0 Å². The molecule has 1 saturated carbocycles. The summed E-state index contributed by atoms with van der Waals surface area (Å²) in [7, 11) is 1.65. The summed E-state index contributed by atoms with van der Waals surface area (Å²) in [6.45, 7) is 0. The standard InChI is InChI=1S/C21H21NO3/c1-24-19-11-15-10-16(9-14-5-4-8-22-13-14)21(23)18(15)12-20(19)25-17-6-2-3-7-17/h4-5,8-9,11-13,17H,2-3,6-7,10H2,1H3/b16-9+. The molecule has 2 aliphatic rings. The van der Waals surface area contributed by atoms with Crippen LogP contribution >= 0.6 is 0 Å². The van der Waals surface area contributed by atoms with E-state index < -0.39 is 0 Å². The third-order valence-corrected chi connectivity index (χ3v) is 4.93. The topological polar surface area (TPSA) is 48.4 Å². The maximum Gasteiger partial charge on any atom is 0.189 e. The Balaban J connectivity index is 1.65. The van der Waals surface area contributed by atoms with E-state index >= 15 is 0 Å². The summed E-state index contributed by atoms with van der Waals surface area (Å²) in [5.41, 5.74) is 3.44. The minimum Gasteiger partial charge on any atom is -0.493 e. The molecule has 0 N–H and O–H groups in total. The summed E-state index contributed by atoms with van der Waals surface area (Å²) < 4.78 is 11.6. The van der Waals surface area contributed by atoms with E-state index in [1.807, 2.05) is 30.3 Å². The van der Waals surface area contributed by atoms with Gasteiger partial charge in [0.25, 0.3) is 0 Å². The monoisotopic (exact) mass is 335 g/mol. The number of aromatic nitrogens is 1. The zero-order chi connectivity index (χ0) is 17.2. The van der Waals surface area contributed by atoms with Gasteiger partial charge < -0.3 is 9.47 Å². The van der Waals surface area contributed by atoms with E-state index in [2.05, 4.69) is 4.98 Å². The van der Waals surface area contributed by atoms with Crippen LogP contribution in [0.25, 0.3) is 6.08 Å². The Morgan fingerprint density at radius 3 is 2.76 bits per heavy atom. The van der Waals surface area contributed by atoms with Crippen LogP contribution in [0, 0.1) is 0 Å². The van der Waals surface area contributed by atoms with Gasteiger partial charge in [-0.2, -0.15) is 0 Å². The number of allylic oxidation sites excluding steroid dienone is 1. The Morgan fingerprint density at radius 2 is 2.04 bits per heavy atom. The van der Waals surface area contributed by atoms with E-state index in [1.54, 1.807) is 19.5 Å². The van der Waals surface area contributed by atoms with Crippen LogP contribution in [0.3, 0.4) is 0 Å². The fraction of sp³-hybridized carbons (Fsp3) is 0.333. The van der Waals surface area contributed by atoms with Gasteiger partial charge >= 0.3 is 0 Å². The molecule has 0 spiro atoms. The predicted molar refractivity (Wildman–Crippen MR) is 96.1 cm³/mol. The second kappa shape index (κ2) is 6.71. The van der Waals surface area contributed by atoms with Gasteiger partial charge in [-0.05, 0) is 61.1 Å². The lowest BCUT2D eigenvalue weighted by Gasteiger charge is -2.16. The van der Waals surface area contributed by atoms with E-state index in [9.17, 15) is 4.79 Å². The van der Waals surface area contributed by atoms with Crippen LogP contribution in [0.4, 0.5) is 0 Å². The van der Waals surface area contributed by atoms with Gasteiger partial charge in [0, 0.05) is 30.0 Å². The molecule has 4 heteroatoms. The molecule has 128 valence electrons. The fourth-order valence-electron chi connectivity index (χ4n) is 3.63. The highest BCUT2D eigenvalue weighted by molar-refractivity contribution is 6.15. The van der Waals surface area contributed by atoms with Crippen LogP contribution in [0.2, 0.25) is 0 Å². The van der Waals surface area contributed by atoms with E-state index in [1.165, 1.54) is 12.8 Å². The number of pyridine rings is 1. The summed E-state index contributed by atoms with van der Waals surface area (Å²) in [6, 6.07) is 7.63. The van der Waals surface area contributed by atoms with Gasteiger partial charge in [-0.25, -0.2) is 0 Å². The molecule has 0 aliphatic heterocycles. The number of ketones is 1. The van der Waals surface area contributed by atoms with E-state index in [4.69, 9.17) is 9.47 Å². The van der Waals surface area contributed by atoms with Crippen LogP contribution in [-0.4, -0.2) is 24.0 Å². The number of hydrogen-bond acceptors (Lipinski definition) is 4. The third kappa shape index (κ3) is 3.16. The summed E-state index contributed by atoms with van der Waals surface area (Å²) in [6.07, 6.45) is 10.8. The Kier molecular flexibility index (Phi) is 4.26. The number of ether oxygens (including phenoxy) is 2. The smallest absolute Gasteiger partial charge is 0.189 e. The molecular formula is C21H21NO3. The average molecular weight is 335 g/mol. The fourth-order valence-corrected chi connectivity index (χ4v) is 3.63. The average Bonchev–Trinajstić information content (AvgIpc) is 3.24. The highest BCUT2D eigenvalue weighted by Crippen LogP contribution is 2.38. The Morgan fingerprint density at radius 1 is 1.20 bits per heavy atom. The molecule has 2 aliphatic carbocycles. The van der Waals surface area contributed by atoms with Crippen molar-refractivity contribution in [2.24, 2.45) is 0 Å². The second-order valence-electron chi connectivity index (χ2n) is 6.65. The first-order chi connectivity index (χ1) is 12.2. The van der Waals surface area contributed by atoms with Crippen LogP contribution < -0.4 is 9.47 Å². The molecule has 0 amide bonds. The van der Waals surface area contributed by atoms with Gasteiger partial charge in [0.1, 0.15) is 0 Å². The first kappa shape index (κ1) is 15.9. The normalized spacial score (nSPS) is 18.6. The number of carbonyl (C=O) groups is 1. The lowest BCUT2D eigenvalue weighted by molar-refractivity contribution is 0.103. The molecule has 4 nitrogen and oxygen atoms in total. The minimum atomic E-state index is 0.0674. The quantitative estimate of drug-likeness (QED) is 0.784. The van der Waals surface area contributed by atoms with Crippen LogP contribution in [-0.2, 0) is 6.42 Å². The van der Waals surface area contributed by atoms with Crippen molar-refractivity contribution in [3.8, 4) is 11.5 Å². The maximum atomic E-state index is 12.8. The van der Waals surface area contributed by atoms with Gasteiger partial charge in [-0.3, -0.25) is 9.78 Å². The molecule has 2 aromatic rings. The first-order valence-electron chi connectivity index (χ1n) is 8.77. The van der Waals surface area contributed by atoms with Crippen LogP contribution in [0.1, 0.15) is 47.2 Å². The lowest BCUT2D eigenvalue weighted by atomic mass is 10.1. The number of Topliss-reactive ketones (excluding diaryl/α,β-unsaturated/α-hetero) is 1. The van der Waals surface area contributed by atoms with Crippen molar-refractivity contribution in [2.45, 2.75) is 38.2 Å². The molecule has 0 unspecified atom stereocenters. The Bertz CT molecular complexity index is 821. The van der Waals surface area contributed by atoms with E-state index in [0.29, 0.717) is 17.9 Å². The van der Waals surface area contributed by atoms with Crippen LogP contribution in [0.5, 0.6) is 11.5 Å². The first-order valence-corrected chi connectivity index (χ1v) is 8.77. The molecular weight excluding hydrogens is 314 g/mol. The molecule has 0 saturated heterocycles. The minimum absolute atomic E-state index is 0.0674. The van der Waals surface area contributed by atoms with E-state index in [0.717, 1.165) is 35.1 Å². The SMILES string of the molecule is COc1cc2c(cc1OC1CCCC1)C(=O)/C(=C/c1cccnc1)C2. The molecule has 0 atom stereocenters. The van der Waals surface area contributed by atoms with Gasteiger partial charge in [0.05, 0.1) is 13.2 Å². The summed E-state index contributed by atoms with van der Waals surface area (Å²) >= 11 is 0. The van der Waals surface area contributed by atoms with Gasteiger partial charge in [0.15, 0.2) is 17.3 Å². The molecule has 1 heterocycles. The maximum absolute atomic E-state index is 12.8. The summed E-state index contributed by atoms with van der Waals surface area (Å²) in [4.78, 5) is 16.9. The van der Waals surface area contributed by atoms with Crippen molar-refractivity contribution in [1.82, 2.24) is 4.98 Å². The molecule has 0 radical (unpaired) electrons. The van der Waals surface area contributed by atoms with Crippen molar-refractivity contribution in [3.05, 3.63) is 58.9 Å². The number of hydrogen-bond donors (Lipinski definition) is 0. The predicted octanol–water partition coefficient (Wildman–Crippen LogP) is 4.23. The summed E-state index contributed by atoms with van der Waals surface area (Å²) in [5.74, 6) is 1.46. The molecule has 4 rings (SSSR count). The zero-order valence-corrected chi connectivity index (χ0v) is 14.3. The number of carbonyl (C=O) groups excluding carboxylic acids is 1. The van der Waals surface area contributed by atoms with Crippen LogP contribution in [0.15, 0.2) is 42.2 Å². The Hall–Kier alpha value is -2.62. The number of rotatable bonds is 4.